The van der Waals surface area contributed by atoms with Crippen LogP contribution in [0.1, 0.15) is 17.5 Å². The van der Waals surface area contributed by atoms with Crippen LogP contribution < -0.4 is 5.73 Å². The van der Waals surface area contributed by atoms with Crippen LogP contribution in [0.3, 0.4) is 0 Å². The summed E-state index contributed by atoms with van der Waals surface area (Å²) >= 11 is 0. The molecule has 1 atom stereocenters. The number of rotatable bonds is 3. The third kappa shape index (κ3) is 2.22. The molecule has 0 aliphatic rings. The van der Waals surface area contributed by atoms with Gasteiger partial charge in [-0.15, -0.1) is 0 Å². The summed E-state index contributed by atoms with van der Waals surface area (Å²) in [6.07, 6.45) is 0.517. The molecule has 0 amide bonds. The van der Waals surface area contributed by atoms with E-state index in [1.807, 2.05) is 30.3 Å². The maximum absolute atomic E-state index is 12.9. The Bertz CT molecular complexity index is 478. The molecule has 17 heavy (non-hydrogen) atoms. The molecule has 1 radical (unpaired) electrons. The maximum atomic E-state index is 12.9. The third-order valence-electron chi connectivity index (χ3n) is 3.04. The van der Waals surface area contributed by atoms with Gasteiger partial charge in [-0.3, -0.25) is 0 Å². The van der Waals surface area contributed by atoms with Crippen molar-refractivity contribution in [2.45, 2.75) is 12.0 Å². The lowest BCUT2D eigenvalue weighted by Gasteiger charge is -2.29. The summed E-state index contributed by atoms with van der Waals surface area (Å²) in [4.78, 5) is 0. The van der Waals surface area contributed by atoms with Gasteiger partial charge in [-0.05, 0) is 29.7 Å². The van der Waals surface area contributed by atoms with Crippen molar-refractivity contribution in [1.82, 2.24) is 0 Å². The highest BCUT2D eigenvalue weighted by Crippen LogP contribution is 2.29. The van der Waals surface area contributed by atoms with Crippen LogP contribution in [0.4, 0.5) is 4.39 Å². The van der Waals surface area contributed by atoms with E-state index in [0.29, 0.717) is 6.42 Å². The van der Waals surface area contributed by atoms with Gasteiger partial charge in [0.15, 0.2) is 0 Å². The molecule has 2 N–H and O–H groups in total. The molecule has 0 fully saturated rings. The molecule has 2 aromatic carbocycles. The van der Waals surface area contributed by atoms with Gasteiger partial charge < -0.3 is 5.73 Å². The minimum atomic E-state index is -0.658. The van der Waals surface area contributed by atoms with E-state index in [1.165, 1.54) is 12.1 Å². The molecule has 0 saturated carbocycles. The van der Waals surface area contributed by atoms with Crippen molar-refractivity contribution < 1.29 is 4.39 Å². The molecule has 0 heterocycles. The molecule has 2 rings (SSSR count). The summed E-state index contributed by atoms with van der Waals surface area (Å²) in [5, 5.41) is 0. The van der Waals surface area contributed by atoms with Crippen LogP contribution in [0, 0.1) is 12.7 Å². The number of benzene rings is 2. The van der Waals surface area contributed by atoms with E-state index in [1.54, 1.807) is 12.1 Å². The number of hydrogen-bond acceptors (Lipinski definition) is 1. The van der Waals surface area contributed by atoms with Crippen LogP contribution in [0.15, 0.2) is 54.6 Å². The van der Waals surface area contributed by atoms with E-state index >= 15 is 0 Å². The summed E-state index contributed by atoms with van der Waals surface area (Å²) in [7, 11) is 0. The summed E-state index contributed by atoms with van der Waals surface area (Å²) in [5.74, 6) is -0.256. The van der Waals surface area contributed by atoms with E-state index in [2.05, 4.69) is 6.92 Å². The van der Waals surface area contributed by atoms with Gasteiger partial charge in [0.2, 0.25) is 0 Å². The Morgan fingerprint density at radius 1 is 0.941 bits per heavy atom. The largest absolute Gasteiger partial charge is 0.318 e. The topological polar surface area (TPSA) is 26.0 Å². The Balaban J connectivity index is 2.48. The SMILES string of the molecule is [CH2]C[C@@](N)(c1ccccc1)c1ccc(F)cc1. The van der Waals surface area contributed by atoms with E-state index in [4.69, 9.17) is 5.73 Å². The van der Waals surface area contributed by atoms with Gasteiger partial charge in [-0.25, -0.2) is 4.39 Å². The van der Waals surface area contributed by atoms with E-state index in [9.17, 15) is 4.39 Å². The Hall–Kier alpha value is -1.67. The number of nitrogens with two attached hydrogens (primary N) is 1. The molecule has 0 unspecified atom stereocenters. The van der Waals surface area contributed by atoms with Crippen LogP contribution in [0.25, 0.3) is 0 Å². The lowest BCUT2D eigenvalue weighted by Crippen LogP contribution is -2.37. The highest BCUT2D eigenvalue weighted by molar-refractivity contribution is 5.38. The summed E-state index contributed by atoms with van der Waals surface area (Å²) in [5.41, 5.74) is 7.61. The molecule has 0 spiro atoms. The minimum absolute atomic E-state index is 0.256. The molecular weight excluding hydrogens is 213 g/mol. The molecule has 2 aromatic rings. The second-order valence-electron chi connectivity index (χ2n) is 4.09. The molecule has 0 bridgehead atoms. The molecule has 0 aliphatic heterocycles. The van der Waals surface area contributed by atoms with Crippen LogP contribution in [0.2, 0.25) is 0 Å². The summed E-state index contributed by atoms with van der Waals surface area (Å²) < 4.78 is 12.9. The normalized spacial score (nSPS) is 14.3. The zero-order chi connectivity index (χ0) is 12.3. The van der Waals surface area contributed by atoms with Gasteiger partial charge in [0, 0.05) is 0 Å². The molecule has 1 nitrogen and oxygen atoms in total. The molecular formula is C15H15FN. The van der Waals surface area contributed by atoms with Crippen molar-refractivity contribution in [2.75, 3.05) is 0 Å². The predicted octanol–water partition coefficient (Wildman–Crippen LogP) is 3.25. The molecule has 0 saturated heterocycles. The van der Waals surface area contributed by atoms with Crippen molar-refractivity contribution in [3.8, 4) is 0 Å². The molecule has 0 aromatic heterocycles. The second-order valence-corrected chi connectivity index (χ2v) is 4.09. The fourth-order valence-corrected chi connectivity index (χ4v) is 1.94. The van der Waals surface area contributed by atoms with Crippen molar-refractivity contribution in [1.29, 1.82) is 0 Å². The lowest BCUT2D eigenvalue weighted by molar-refractivity contribution is 0.542. The summed E-state index contributed by atoms with van der Waals surface area (Å²) in [6.45, 7) is 3.91. The predicted molar refractivity (Wildman–Crippen MR) is 67.8 cm³/mol. The second kappa shape index (κ2) is 4.68. The average molecular weight is 228 g/mol. The Morgan fingerprint density at radius 2 is 1.47 bits per heavy atom. The quantitative estimate of drug-likeness (QED) is 0.857. The van der Waals surface area contributed by atoms with Gasteiger partial charge in [-0.1, -0.05) is 49.4 Å². The van der Waals surface area contributed by atoms with Crippen molar-refractivity contribution in [2.24, 2.45) is 5.73 Å². The highest BCUT2D eigenvalue weighted by Gasteiger charge is 2.27. The van der Waals surface area contributed by atoms with Crippen LogP contribution in [0.5, 0.6) is 0 Å². The van der Waals surface area contributed by atoms with Gasteiger partial charge in [0.25, 0.3) is 0 Å². The van der Waals surface area contributed by atoms with Gasteiger partial charge in [0.05, 0.1) is 5.54 Å². The van der Waals surface area contributed by atoms with Crippen LogP contribution in [-0.4, -0.2) is 0 Å². The third-order valence-corrected chi connectivity index (χ3v) is 3.04. The van der Waals surface area contributed by atoms with E-state index in [0.717, 1.165) is 11.1 Å². The maximum Gasteiger partial charge on any atom is 0.123 e. The fourth-order valence-electron chi connectivity index (χ4n) is 1.94. The summed E-state index contributed by atoms with van der Waals surface area (Å²) in [6, 6.07) is 16.0. The molecule has 87 valence electrons. The van der Waals surface area contributed by atoms with Crippen molar-refractivity contribution in [3.05, 3.63) is 78.5 Å². The van der Waals surface area contributed by atoms with Gasteiger partial charge >= 0.3 is 0 Å². The first-order valence-electron chi connectivity index (χ1n) is 5.56. The smallest absolute Gasteiger partial charge is 0.123 e. The average Bonchev–Trinajstić information content (AvgIpc) is 2.40. The van der Waals surface area contributed by atoms with Crippen LogP contribution in [-0.2, 0) is 5.54 Å². The van der Waals surface area contributed by atoms with Crippen molar-refractivity contribution >= 4 is 0 Å². The van der Waals surface area contributed by atoms with Gasteiger partial charge in [-0.2, -0.15) is 0 Å². The zero-order valence-electron chi connectivity index (χ0n) is 9.57. The Kier molecular flexibility index (Phi) is 3.25. The van der Waals surface area contributed by atoms with Crippen molar-refractivity contribution in [3.63, 3.8) is 0 Å². The fraction of sp³-hybridized carbons (Fsp3) is 0.133. The first kappa shape index (κ1) is 11.8. The zero-order valence-corrected chi connectivity index (χ0v) is 9.57. The number of hydrogen-bond donors (Lipinski definition) is 1. The first-order valence-corrected chi connectivity index (χ1v) is 5.56. The monoisotopic (exact) mass is 228 g/mol. The van der Waals surface area contributed by atoms with E-state index in [-0.39, 0.29) is 5.82 Å². The standard InChI is InChI=1S/C15H15FN/c1-2-15(17,12-6-4-3-5-7-12)13-8-10-14(16)11-9-13/h3-11H,1-2,17H2/t15-/m1/s1. The Morgan fingerprint density at radius 3 is 2.00 bits per heavy atom. The molecule has 2 heteroatoms. The van der Waals surface area contributed by atoms with E-state index < -0.39 is 5.54 Å². The lowest BCUT2D eigenvalue weighted by atomic mass is 9.82. The minimum Gasteiger partial charge on any atom is -0.318 e. The molecule has 0 aliphatic carbocycles. The van der Waals surface area contributed by atoms with Gasteiger partial charge in [0.1, 0.15) is 5.82 Å². The Labute approximate surface area is 101 Å². The van der Waals surface area contributed by atoms with Crippen LogP contribution >= 0.6 is 0 Å². The highest BCUT2D eigenvalue weighted by atomic mass is 19.1. The first-order chi connectivity index (χ1) is 8.16. The number of halogens is 1.